The maximum atomic E-state index is 10.6. The van der Waals surface area contributed by atoms with Crippen LogP contribution in [0.3, 0.4) is 0 Å². The molecule has 1 rings (SSSR count). The van der Waals surface area contributed by atoms with Crippen LogP contribution in [-0.2, 0) is 6.42 Å². The Morgan fingerprint density at radius 1 is 1.24 bits per heavy atom. The quantitative estimate of drug-likeness (QED) is 0.516. The SMILES string of the molecule is CCCNC(CCCc1ccc([N+](=O)[O-])cc1)CC(C)C. The van der Waals surface area contributed by atoms with E-state index in [1.165, 1.54) is 12.0 Å². The van der Waals surface area contributed by atoms with Crippen molar-refractivity contribution in [2.45, 2.75) is 58.9 Å². The first-order chi connectivity index (χ1) is 10.0. The first kappa shape index (κ1) is 17.6. The second-order valence-electron chi connectivity index (χ2n) is 6.10. The zero-order chi connectivity index (χ0) is 15.7. The van der Waals surface area contributed by atoms with E-state index in [4.69, 9.17) is 0 Å². The molecular formula is C17H28N2O2. The number of hydrogen-bond donors (Lipinski definition) is 1. The Balaban J connectivity index is 2.39. The van der Waals surface area contributed by atoms with Gasteiger partial charge in [0, 0.05) is 18.2 Å². The van der Waals surface area contributed by atoms with E-state index in [9.17, 15) is 10.1 Å². The number of benzene rings is 1. The van der Waals surface area contributed by atoms with Crippen molar-refractivity contribution in [3.8, 4) is 0 Å². The largest absolute Gasteiger partial charge is 0.314 e. The monoisotopic (exact) mass is 292 g/mol. The molecule has 1 aromatic rings. The van der Waals surface area contributed by atoms with E-state index < -0.39 is 0 Å². The molecule has 21 heavy (non-hydrogen) atoms. The molecule has 0 heterocycles. The van der Waals surface area contributed by atoms with E-state index in [0.29, 0.717) is 12.0 Å². The van der Waals surface area contributed by atoms with Crippen LogP contribution < -0.4 is 5.32 Å². The van der Waals surface area contributed by atoms with Crippen molar-refractivity contribution in [2.24, 2.45) is 5.92 Å². The Bertz CT molecular complexity index is 415. The van der Waals surface area contributed by atoms with E-state index in [1.807, 2.05) is 12.1 Å². The van der Waals surface area contributed by atoms with Crippen molar-refractivity contribution in [1.82, 2.24) is 5.32 Å². The molecular weight excluding hydrogens is 264 g/mol. The zero-order valence-corrected chi connectivity index (χ0v) is 13.5. The summed E-state index contributed by atoms with van der Waals surface area (Å²) in [6.07, 6.45) is 5.64. The summed E-state index contributed by atoms with van der Waals surface area (Å²) in [5.41, 5.74) is 1.35. The molecule has 1 unspecified atom stereocenters. The van der Waals surface area contributed by atoms with Crippen molar-refractivity contribution in [2.75, 3.05) is 6.54 Å². The molecule has 0 spiro atoms. The van der Waals surface area contributed by atoms with Gasteiger partial charge >= 0.3 is 0 Å². The Labute approximate surface area is 128 Å². The van der Waals surface area contributed by atoms with Gasteiger partial charge in [-0.3, -0.25) is 10.1 Å². The van der Waals surface area contributed by atoms with Crippen molar-refractivity contribution in [1.29, 1.82) is 0 Å². The molecule has 118 valence electrons. The number of non-ortho nitro benzene ring substituents is 1. The minimum Gasteiger partial charge on any atom is -0.314 e. The molecule has 1 aromatic carbocycles. The van der Waals surface area contributed by atoms with Crippen LogP contribution in [0.15, 0.2) is 24.3 Å². The summed E-state index contributed by atoms with van der Waals surface area (Å²) in [5, 5.41) is 14.2. The van der Waals surface area contributed by atoms with E-state index >= 15 is 0 Å². The van der Waals surface area contributed by atoms with Gasteiger partial charge in [0.15, 0.2) is 0 Å². The van der Waals surface area contributed by atoms with Gasteiger partial charge in [0.05, 0.1) is 4.92 Å². The van der Waals surface area contributed by atoms with Gasteiger partial charge in [-0.25, -0.2) is 0 Å². The first-order valence-corrected chi connectivity index (χ1v) is 7.99. The molecule has 0 bridgehead atoms. The molecule has 1 atom stereocenters. The highest BCUT2D eigenvalue weighted by atomic mass is 16.6. The molecule has 0 aliphatic rings. The highest BCUT2D eigenvalue weighted by molar-refractivity contribution is 5.32. The van der Waals surface area contributed by atoms with Crippen molar-refractivity contribution in [3.63, 3.8) is 0 Å². The van der Waals surface area contributed by atoms with E-state index in [-0.39, 0.29) is 10.6 Å². The van der Waals surface area contributed by atoms with Crippen LogP contribution in [0.2, 0.25) is 0 Å². The number of nitro groups is 1. The number of hydrogen-bond acceptors (Lipinski definition) is 3. The van der Waals surface area contributed by atoms with Gasteiger partial charge in [0.2, 0.25) is 0 Å². The molecule has 0 saturated heterocycles. The summed E-state index contributed by atoms with van der Waals surface area (Å²) >= 11 is 0. The normalized spacial score (nSPS) is 12.6. The predicted octanol–water partition coefficient (Wildman–Crippen LogP) is 4.33. The Morgan fingerprint density at radius 2 is 1.90 bits per heavy atom. The van der Waals surface area contributed by atoms with Crippen molar-refractivity contribution < 1.29 is 4.92 Å². The fourth-order valence-electron chi connectivity index (χ4n) is 2.56. The van der Waals surface area contributed by atoms with Crippen LogP contribution >= 0.6 is 0 Å². The second kappa shape index (κ2) is 9.50. The molecule has 0 aromatic heterocycles. The molecule has 4 nitrogen and oxygen atoms in total. The molecule has 0 radical (unpaired) electrons. The minimum atomic E-state index is -0.350. The number of nitro benzene ring substituents is 1. The van der Waals surface area contributed by atoms with Crippen LogP contribution in [0.1, 0.15) is 52.0 Å². The summed E-state index contributed by atoms with van der Waals surface area (Å²) in [6, 6.07) is 7.51. The first-order valence-electron chi connectivity index (χ1n) is 7.99. The van der Waals surface area contributed by atoms with Crippen LogP contribution in [0.5, 0.6) is 0 Å². The fraction of sp³-hybridized carbons (Fsp3) is 0.647. The summed E-state index contributed by atoms with van der Waals surface area (Å²) in [6.45, 7) is 7.79. The van der Waals surface area contributed by atoms with Gasteiger partial charge in [-0.2, -0.15) is 0 Å². The maximum Gasteiger partial charge on any atom is 0.269 e. The molecule has 0 saturated carbocycles. The summed E-state index contributed by atoms with van der Waals surface area (Å²) < 4.78 is 0. The lowest BCUT2D eigenvalue weighted by Crippen LogP contribution is -2.31. The molecule has 0 aliphatic carbocycles. The van der Waals surface area contributed by atoms with Crippen LogP contribution in [0, 0.1) is 16.0 Å². The molecule has 0 aliphatic heterocycles. The van der Waals surface area contributed by atoms with Crippen LogP contribution in [0.4, 0.5) is 5.69 Å². The number of rotatable bonds is 10. The van der Waals surface area contributed by atoms with Crippen LogP contribution in [-0.4, -0.2) is 17.5 Å². The third-order valence-electron chi connectivity index (χ3n) is 3.60. The summed E-state index contributed by atoms with van der Waals surface area (Å²) in [4.78, 5) is 10.3. The van der Waals surface area contributed by atoms with E-state index in [2.05, 4.69) is 26.1 Å². The third kappa shape index (κ3) is 7.23. The average molecular weight is 292 g/mol. The van der Waals surface area contributed by atoms with E-state index in [0.717, 1.165) is 32.2 Å². The lowest BCUT2D eigenvalue weighted by molar-refractivity contribution is -0.384. The van der Waals surface area contributed by atoms with Gasteiger partial charge in [-0.05, 0) is 50.1 Å². The maximum absolute atomic E-state index is 10.6. The zero-order valence-electron chi connectivity index (χ0n) is 13.5. The lowest BCUT2D eigenvalue weighted by atomic mass is 9.97. The fourth-order valence-corrected chi connectivity index (χ4v) is 2.56. The van der Waals surface area contributed by atoms with Gasteiger partial charge < -0.3 is 5.32 Å². The molecule has 0 fully saturated rings. The number of nitrogens with zero attached hydrogens (tertiary/aromatic N) is 1. The van der Waals surface area contributed by atoms with Crippen LogP contribution in [0.25, 0.3) is 0 Å². The smallest absolute Gasteiger partial charge is 0.269 e. The second-order valence-corrected chi connectivity index (χ2v) is 6.10. The van der Waals surface area contributed by atoms with Gasteiger partial charge in [0.25, 0.3) is 5.69 Å². The Morgan fingerprint density at radius 3 is 2.43 bits per heavy atom. The Hall–Kier alpha value is -1.42. The number of aryl methyl sites for hydroxylation is 1. The van der Waals surface area contributed by atoms with E-state index in [1.54, 1.807) is 12.1 Å². The Kier molecular flexibility index (Phi) is 7.98. The number of nitrogens with one attached hydrogen (secondary N) is 1. The van der Waals surface area contributed by atoms with Crippen molar-refractivity contribution >= 4 is 5.69 Å². The molecule has 0 amide bonds. The standard InChI is InChI=1S/C17H28N2O2/c1-4-12-18-16(13-14(2)3)7-5-6-15-8-10-17(11-9-15)19(20)21/h8-11,14,16,18H,4-7,12-13H2,1-3H3. The van der Waals surface area contributed by atoms with Gasteiger partial charge in [-0.15, -0.1) is 0 Å². The highest BCUT2D eigenvalue weighted by Crippen LogP contribution is 2.16. The topological polar surface area (TPSA) is 55.2 Å². The summed E-state index contributed by atoms with van der Waals surface area (Å²) in [5.74, 6) is 0.707. The highest BCUT2D eigenvalue weighted by Gasteiger charge is 2.10. The third-order valence-corrected chi connectivity index (χ3v) is 3.60. The lowest BCUT2D eigenvalue weighted by Gasteiger charge is -2.20. The molecule has 4 heteroatoms. The average Bonchev–Trinajstić information content (AvgIpc) is 2.44. The van der Waals surface area contributed by atoms with Gasteiger partial charge in [0.1, 0.15) is 0 Å². The minimum absolute atomic E-state index is 0.168. The predicted molar refractivity (Wildman–Crippen MR) is 87.6 cm³/mol. The molecule has 1 N–H and O–H groups in total. The van der Waals surface area contributed by atoms with Crippen molar-refractivity contribution in [3.05, 3.63) is 39.9 Å². The summed E-state index contributed by atoms with van der Waals surface area (Å²) in [7, 11) is 0. The van der Waals surface area contributed by atoms with Gasteiger partial charge in [-0.1, -0.05) is 32.9 Å².